The molecule has 1 aromatic carbocycles. The summed E-state index contributed by atoms with van der Waals surface area (Å²) in [4.78, 5) is 17.4. The van der Waals surface area contributed by atoms with Crippen molar-refractivity contribution in [3.63, 3.8) is 0 Å². The zero-order valence-electron chi connectivity index (χ0n) is 14.9. The van der Waals surface area contributed by atoms with E-state index in [9.17, 15) is 10.1 Å². The van der Waals surface area contributed by atoms with Gasteiger partial charge in [0.15, 0.2) is 0 Å². The number of aromatic nitrogens is 1. The molecule has 134 valence electrons. The molecule has 1 aliphatic rings. The van der Waals surface area contributed by atoms with Crippen LogP contribution in [-0.4, -0.2) is 23.3 Å². The first-order valence-electron chi connectivity index (χ1n) is 8.69. The predicted octanol–water partition coefficient (Wildman–Crippen LogP) is 3.96. The van der Waals surface area contributed by atoms with Crippen molar-refractivity contribution in [2.24, 2.45) is 0 Å². The first-order valence-corrected chi connectivity index (χ1v) is 9.57. The number of thioether (sulfide) groups is 1. The maximum absolute atomic E-state index is 12.8. The molecule has 1 amide bonds. The SMILES string of the molecule is CCC(Sc1nc2c(cc1C#N)CCC2)C(=O)Nc1ccccc1OC. The molecule has 3 rings (SSSR count). The Bertz CT molecular complexity index is 861. The summed E-state index contributed by atoms with van der Waals surface area (Å²) in [5, 5.41) is 12.7. The number of fused-ring (bicyclic) bond motifs is 1. The van der Waals surface area contributed by atoms with Crippen LogP contribution in [0.1, 0.15) is 36.6 Å². The Hall–Kier alpha value is -2.52. The van der Waals surface area contributed by atoms with E-state index in [1.807, 2.05) is 31.2 Å². The Morgan fingerprint density at radius 1 is 1.42 bits per heavy atom. The maximum Gasteiger partial charge on any atom is 0.238 e. The third-order valence-electron chi connectivity index (χ3n) is 4.42. The van der Waals surface area contributed by atoms with Gasteiger partial charge < -0.3 is 10.1 Å². The second-order valence-electron chi connectivity index (χ2n) is 6.12. The van der Waals surface area contributed by atoms with Gasteiger partial charge in [0.05, 0.1) is 23.6 Å². The quantitative estimate of drug-likeness (QED) is 0.782. The molecule has 1 heterocycles. The molecule has 0 fully saturated rings. The first kappa shape index (κ1) is 18.3. The zero-order chi connectivity index (χ0) is 18.5. The fourth-order valence-electron chi connectivity index (χ4n) is 3.04. The molecule has 1 aromatic heterocycles. The number of carbonyl (C=O) groups excluding carboxylic acids is 1. The lowest BCUT2D eigenvalue weighted by molar-refractivity contribution is -0.115. The number of benzene rings is 1. The van der Waals surface area contributed by atoms with E-state index < -0.39 is 0 Å². The number of methoxy groups -OCH3 is 1. The summed E-state index contributed by atoms with van der Waals surface area (Å²) in [5.74, 6) is 0.502. The fraction of sp³-hybridized carbons (Fsp3) is 0.350. The van der Waals surface area contributed by atoms with Gasteiger partial charge >= 0.3 is 0 Å². The van der Waals surface area contributed by atoms with Crippen molar-refractivity contribution in [3.05, 3.63) is 47.2 Å². The van der Waals surface area contributed by atoms with Crippen molar-refractivity contribution < 1.29 is 9.53 Å². The van der Waals surface area contributed by atoms with Crippen LogP contribution in [0.4, 0.5) is 5.69 Å². The minimum Gasteiger partial charge on any atom is -0.495 e. The summed E-state index contributed by atoms with van der Waals surface area (Å²) >= 11 is 1.36. The maximum atomic E-state index is 12.8. The highest BCUT2D eigenvalue weighted by atomic mass is 32.2. The number of nitriles is 1. The van der Waals surface area contributed by atoms with Crippen molar-refractivity contribution in [2.75, 3.05) is 12.4 Å². The van der Waals surface area contributed by atoms with Crippen LogP contribution in [0, 0.1) is 11.3 Å². The number of amides is 1. The second-order valence-corrected chi connectivity index (χ2v) is 7.31. The number of rotatable bonds is 6. The molecule has 0 saturated heterocycles. The van der Waals surface area contributed by atoms with Crippen molar-refractivity contribution in [2.45, 2.75) is 42.9 Å². The number of ether oxygens (including phenoxy) is 1. The van der Waals surface area contributed by atoms with E-state index in [0.29, 0.717) is 28.4 Å². The Balaban J connectivity index is 1.79. The Kier molecular flexibility index (Phi) is 5.79. The van der Waals surface area contributed by atoms with Gasteiger partial charge in [-0.3, -0.25) is 4.79 Å². The molecule has 0 aliphatic heterocycles. The van der Waals surface area contributed by atoms with Gasteiger partial charge in [-0.2, -0.15) is 5.26 Å². The number of nitrogens with zero attached hydrogens (tertiary/aromatic N) is 2. The van der Waals surface area contributed by atoms with E-state index in [1.54, 1.807) is 13.2 Å². The van der Waals surface area contributed by atoms with Crippen molar-refractivity contribution in [1.82, 2.24) is 4.98 Å². The number of hydrogen-bond donors (Lipinski definition) is 1. The van der Waals surface area contributed by atoms with Gasteiger partial charge in [0.1, 0.15) is 16.8 Å². The van der Waals surface area contributed by atoms with Crippen LogP contribution in [0.5, 0.6) is 5.75 Å². The van der Waals surface area contributed by atoms with Crippen LogP contribution in [0.25, 0.3) is 0 Å². The van der Waals surface area contributed by atoms with Gasteiger partial charge in [0.25, 0.3) is 0 Å². The minimum atomic E-state index is -0.334. The van der Waals surface area contributed by atoms with E-state index in [1.165, 1.54) is 11.8 Å². The highest BCUT2D eigenvalue weighted by Gasteiger charge is 2.23. The van der Waals surface area contributed by atoms with Crippen LogP contribution in [0.3, 0.4) is 0 Å². The van der Waals surface area contributed by atoms with Gasteiger partial charge in [-0.25, -0.2) is 4.98 Å². The molecule has 1 aliphatic carbocycles. The molecule has 2 aromatic rings. The molecule has 5 nitrogen and oxygen atoms in total. The molecule has 6 heteroatoms. The van der Waals surface area contributed by atoms with Gasteiger partial charge in [-0.05, 0) is 49.4 Å². The summed E-state index contributed by atoms with van der Waals surface area (Å²) in [7, 11) is 1.57. The number of nitrogens with one attached hydrogen (secondary N) is 1. The molecule has 1 atom stereocenters. The van der Waals surface area contributed by atoms with Gasteiger partial charge in [-0.1, -0.05) is 30.8 Å². The lowest BCUT2D eigenvalue weighted by atomic mass is 10.2. The van der Waals surface area contributed by atoms with Crippen LogP contribution < -0.4 is 10.1 Å². The smallest absolute Gasteiger partial charge is 0.238 e. The van der Waals surface area contributed by atoms with Gasteiger partial charge in [-0.15, -0.1) is 0 Å². The number of anilines is 1. The third-order valence-corrected chi connectivity index (χ3v) is 5.78. The first-order chi connectivity index (χ1) is 12.7. The van der Waals surface area contributed by atoms with Gasteiger partial charge in [0, 0.05) is 5.69 Å². The van der Waals surface area contributed by atoms with E-state index in [0.717, 1.165) is 30.5 Å². The fourth-order valence-corrected chi connectivity index (χ4v) is 4.04. The number of pyridine rings is 1. The second kappa shape index (κ2) is 8.24. The van der Waals surface area contributed by atoms with Crippen LogP contribution in [0.15, 0.2) is 35.4 Å². The van der Waals surface area contributed by atoms with Crippen LogP contribution in [-0.2, 0) is 17.6 Å². The molecule has 1 N–H and O–H groups in total. The van der Waals surface area contributed by atoms with E-state index >= 15 is 0 Å². The molecule has 0 bridgehead atoms. The predicted molar refractivity (Wildman–Crippen MR) is 103 cm³/mol. The molecule has 1 unspecified atom stereocenters. The number of hydrogen-bond acceptors (Lipinski definition) is 5. The normalized spacial score (nSPS) is 13.6. The van der Waals surface area contributed by atoms with Crippen LogP contribution >= 0.6 is 11.8 Å². The van der Waals surface area contributed by atoms with Crippen molar-refractivity contribution >= 4 is 23.4 Å². The summed E-state index contributed by atoms with van der Waals surface area (Å²) in [6.07, 6.45) is 3.63. The third kappa shape index (κ3) is 3.83. The van der Waals surface area contributed by atoms with E-state index in [-0.39, 0.29) is 11.2 Å². The Morgan fingerprint density at radius 2 is 2.23 bits per heavy atom. The zero-order valence-corrected chi connectivity index (χ0v) is 15.7. The molecule has 0 spiro atoms. The van der Waals surface area contributed by atoms with Crippen molar-refractivity contribution in [3.8, 4) is 11.8 Å². The molecular weight excluding hydrogens is 346 g/mol. The molecular formula is C20H21N3O2S. The highest BCUT2D eigenvalue weighted by molar-refractivity contribution is 8.00. The molecule has 0 saturated carbocycles. The van der Waals surface area contributed by atoms with E-state index in [4.69, 9.17) is 4.74 Å². The Morgan fingerprint density at radius 3 is 2.96 bits per heavy atom. The standard InChI is InChI=1S/C20H21N3O2S/c1-3-18(19(24)22-16-8-4-5-10-17(16)25-2)26-20-14(12-21)11-13-7-6-9-15(13)23-20/h4-5,8,10-11,18H,3,6-7,9H2,1-2H3,(H,22,24). The summed E-state index contributed by atoms with van der Waals surface area (Å²) in [5.41, 5.74) is 3.42. The monoisotopic (exact) mass is 367 g/mol. The average Bonchev–Trinajstić information content (AvgIpc) is 3.12. The number of para-hydroxylation sites is 2. The van der Waals surface area contributed by atoms with E-state index in [2.05, 4.69) is 16.4 Å². The minimum absolute atomic E-state index is 0.117. The largest absolute Gasteiger partial charge is 0.495 e. The number of carbonyl (C=O) groups is 1. The summed E-state index contributed by atoms with van der Waals surface area (Å²) < 4.78 is 5.29. The number of aryl methyl sites for hydroxylation is 2. The van der Waals surface area contributed by atoms with Gasteiger partial charge in [0.2, 0.25) is 5.91 Å². The highest BCUT2D eigenvalue weighted by Crippen LogP contribution is 2.32. The lowest BCUT2D eigenvalue weighted by Crippen LogP contribution is -2.25. The lowest BCUT2D eigenvalue weighted by Gasteiger charge is -2.17. The molecule has 26 heavy (non-hydrogen) atoms. The summed E-state index contributed by atoms with van der Waals surface area (Å²) in [6.45, 7) is 1.96. The topological polar surface area (TPSA) is 75.0 Å². The van der Waals surface area contributed by atoms with Crippen LogP contribution in [0.2, 0.25) is 0 Å². The Labute approximate surface area is 157 Å². The summed E-state index contributed by atoms with van der Waals surface area (Å²) in [6, 6.07) is 11.5. The van der Waals surface area contributed by atoms with Crippen molar-refractivity contribution in [1.29, 1.82) is 5.26 Å². The average molecular weight is 367 g/mol. The molecule has 0 radical (unpaired) electrons.